The third-order valence-corrected chi connectivity index (χ3v) is 4.99. The van der Waals surface area contributed by atoms with E-state index >= 15 is 0 Å². The van der Waals surface area contributed by atoms with Gasteiger partial charge in [-0.3, -0.25) is 14.4 Å². The zero-order valence-electron chi connectivity index (χ0n) is 14.2. The minimum absolute atomic E-state index is 0.142. The number of carboxylic acid groups (broad SMARTS) is 1. The molecule has 1 aromatic carbocycles. The Kier molecular flexibility index (Phi) is 6.41. The van der Waals surface area contributed by atoms with E-state index in [0.717, 1.165) is 0 Å². The Morgan fingerprint density at radius 2 is 2.12 bits per heavy atom. The molecule has 0 saturated carbocycles. The van der Waals surface area contributed by atoms with Gasteiger partial charge in [0.15, 0.2) is 0 Å². The number of aliphatic carboxylic acids is 1. The number of nitrogens with zero attached hydrogens (tertiary/aromatic N) is 2. The number of rotatable bonds is 5. The Hall–Kier alpha value is -2.09. The van der Waals surface area contributed by atoms with E-state index in [1.807, 2.05) is 0 Å². The highest BCUT2D eigenvalue weighted by Crippen LogP contribution is 2.21. The quantitative estimate of drug-likeness (QED) is 0.804. The maximum atomic E-state index is 13.5. The van der Waals surface area contributed by atoms with Crippen LogP contribution in [0.25, 0.3) is 0 Å². The maximum Gasteiger partial charge on any atom is 0.308 e. The van der Waals surface area contributed by atoms with Crippen LogP contribution in [0.2, 0.25) is 0 Å². The Morgan fingerprint density at radius 3 is 2.76 bits per heavy atom. The first-order valence-corrected chi connectivity index (χ1v) is 9.15. The van der Waals surface area contributed by atoms with Crippen molar-refractivity contribution in [3.05, 3.63) is 29.6 Å². The van der Waals surface area contributed by atoms with Crippen molar-refractivity contribution < 1.29 is 23.9 Å². The van der Waals surface area contributed by atoms with Crippen molar-refractivity contribution in [3.8, 4) is 0 Å². The SMILES string of the molecule is CSc1cc(C(=O)N(C)CC(=O)N2CCCC(C(=O)O)C2)ccc1F. The number of piperidine rings is 1. The molecule has 25 heavy (non-hydrogen) atoms. The summed E-state index contributed by atoms with van der Waals surface area (Å²) in [5.74, 6) is -2.52. The van der Waals surface area contributed by atoms with Crippen LogP contribution in [-0.2, 0) is 9.59 Å². The third-order valence-electron chi connectivity index (χ3n) is 4.24. The monoisotopic (exact) mass is 368 g/mol. The van der Waals surface area contributed by atoms with Crippen molar-refractivity contribution in [1.82, 2.24) is 9.80 Å². The summed E-state index contributed by atoms with van der Waals surface area (Å²) >= 11 is 1.20. The van der Waals surface area contributed by atoms with E-state index in [1.54, 1.807) is 6.26 Å². The van der Waals surface area contributed by atoms with E-state index in [9.17, 15) is 18.8 Å². The van der Waals surface area contributed by atoms with Gasteiger partial charge in [-0.05, 0) is 37.3 Å². The number of likely N-dealkylation sites (tertiary alicyclic amines) is 1. The Morgan fingerprint density at radius 1 is 1.40 bits per heavy atom. The molecule has 1 aromatic rings. The molecule has 136 valence electrons. The Bertz CT molecular complexity index is 683. The number of hydrogen-bond donors (Lipinski definition) is 1. The molecule has 0 bridgehead atoms. The molecular weight excluding hydrogens is 347 g/mol. The van der Waals surface area contributed by atoms with Crippen LogP contribution in [0.4, 0.5) is 4.39 Å². The van der Waals surface area contributed by atoms with Crippen LogP contribution in [0.3, 0.4) is 0 Å². The highest BCUT2D eigenvalue weighted by Gasteiger charge is 2.29. The minimum Gasteiger partial charge on any atom is -0.481 e. The third kappa shape index (κ3) is 4.72. The molecule has 1 aliphatic heterocycles. The predicted molar refractivity (Wildman–Crippen MR) is 92.1 cm³/mol. The van der Waals surface area contributed by atoms with Gasteiger partial charge in [-0.2, -0.15) is 0 Å². The van der Waals surface area contributed by atoms with Crippen LogP contribution in [-0.4, -0.2) is 65.6 Å². The molecule has 8 heteroatoms. The maximum absolute atomic E-state index is 13.5. The fourth-order valence-electron chi connectivity index (χ4n) is 2.79. The molecule has 1 N–H and O–H groups in total. The van der Waals surface area contributed by atoms with Crippen LogP contribution < -0.4 is 0 Å². The summed E-state index contributed by atoms with van der Waals surface area (Å²) in [7, 11) is 1.50. The standard InChI is InChI=1S/C17H21FN2O4S/c1-19(16(22)11-5-6-13(18)14(8-11)25-2)10-15(21)20-7-3-4-12(9-20)17(23)24/h5-6,8,12H,3-4,7,9-10H2,1-2H3,(H,23,24). The van der Waals surface area contributed by atoms with Crippen LogP contribution in [0.1, 0.15) is 23.2 Å². The first kappa shape index (κ1) is 19.2. The van der Waals surface area contributed by atoms with Gasteiger partial charge in [0, 0.05) is 30.6 Å². The number of benzene rings is 1. The number of likely N-dealkylation sites (N-methyl/N-ethyl adjacent to an activating group) is 1. The van der Waals surface area contributed by atoms with Gasteiger partial charge in [0.25, 0.3) is 5.91 Å². The van der Waals surface area contributed by atoms with E-state index in [0.29, 0.717) is 29.8 Å². The summed E-state index contributed by atoms with van der Waals surface area (Å²) in [6, 6.07) is 4.08. The van der Waals surface area contributed by atoms with E-state index in [-0.39, 0.29) is 24.9 Å². The molecule has 6 nitrogen and oxygen atoms in total. The molecule has 1 saturated heterocycles. The van der Waals surface area contributed by atoms with Crippen molar-refractivity contribution >= 4 is 29.5 Å². The molecule has 0 spiro atoms. The molecule has 2 amide bonds. The Labute approximate surface area is 150 Å². The molecule has 0 radical (unpaired) electrons. The second-order valence-electron chi connectivity index (χ2n) is 6.03. The molecule has 1 aliphatic rings. The molecule has 1 heterocycles. The second kappa shape index (κ2) is 8.33. The first-order chi connectivity index (χ1) is 11.8. The normalized spacial score (nSPS) is 17.2. The Balaban J connectivity index is 2.00. The largest absolute Gasteiger partial charge is 0.481 e. The van der Waals surface area contributed by atoms with E-state index in [4.69, 9.17) is 5.11 Å². The summed E-state index contributed by atoms with van der Waals surface area (Å²) < 4.78 is 13.5. The number of hydrogen-bond acceptors (Lipinski definition) is 4. The number of carboxylic acids is 1. The average molecular weight is 368 g/mol. The average Bonchev–Trinajstić information content (AvgIpc) is 2.61. The molecule has 0 aromatic heterocycles. The lowest BCUT2D eigenvalue weighted by Gasteiger charge is -2.32. The van der Waals surface area contributed by atoms with Crippen LogP contribution in [0.5, 0.6) is 0 Å². The van der Waals surface area contributed by atoms with E-state index in [1.165, 1.54) is 46.8 Å². The van der Waals surface area contributed by atoms with Gasteiger partial charge in [-0.1, -0.05) is 0 Å². The van der Waals surface area contributed by atoms with Gasteiger partial charge in [-0.25, -0.2) is 4.39 Å². The lowest BCUT2D eigenvalue weighted by atomic mass is 9.98. The van der Waals surface area contributed by atoms with Crippen LogP contribution in [0, 0.1) is 11.7 Å². The van der Waals surface area contributed by atoms with Gasteiger partial charge in [0.05, 0.1) is 12.5 Å². The second-order valence-corrected chi connectivity index (χ2v) is 6.88. The van der Waals surface area contributed by atoms with Crippen molar-refractivity contribution in [2.24, 2.45) is 5.92 Å². The van der Waals surface area contributed by atoms with Gasteiger partial charge in [0.2, 0.25) is 5.91 Å². The zero-order chi connectivity index (χ0) is 18.6. The van der Waals surface area contributed by atoms with Crippen molar-refractivity contribution in [2.75, 3.05) is 32.9 Å². The molecular formula is C17H21FN2O4S. The van der Waals surface area contributed by atoms with Gasteiger partial charge in [-0.15, -0.1) is 11.8 Å². The summed E-state index contributed by atoms with van der Waals surface area (Å²) in [6.07, 6.45) is 2.91. The predicted octanol–water partition coefficient (Wildman–Crippen LogP) is 1.94. The number of carbonyl (C=O) groups is 3. The smallest absolute Gasteiger partial charge is 0.308 e. The molecule has 1 unspecified atom stereocenters. The minimum atomic E-state index is -0.905. The number of carbonyl (C=O) groups excluding carboxylic acids is 2. The topological polar surface area (TPSA) is 77.9 Å². The molecule has 1 atom stereocenters. The van der Waals surface area contributed by atoms with Crippen molar-refractivity contribution in [1.29, 1.82) is 0 Å². The summed E-state index contributed by atoms with van der Waals surface area (Å²) in [5, 5.41) is 9.09. The summed E-state index contributed by atoms with van der Waals surface area (Å²) in [4.78, 5) is 39.0. The van der Waals surface area contributed by atoms with Gasteiger partial charge < -0.3 is 14.9 Å². The van der Waals surface area contributed by atoms with Crippen LogP contribution >= 0.6 is 11.8 Å². The van der Waals surface area contributed by atoms with Crippen molar-refractivity contribution in [3.63, 3.8) is 0 Å². The van der Waals surface area contributed by atoms with Gasteiger partial charge in [0.1, 0.15) is 5.82 Å². The van der Waals surface area contributed by atoms with E-state index in [2.05, 4.69) is 0 Å². The number of thioether (sulfide) groups is 1. The fourth-order valence-corrected chi connectivity index (χ4v) is 3.30. The lowest BCUT2D eigenvalue weighted by molar-refractivity contribution is -0.145. The fraction of sp³-hybridized carbons (Fsp3) is 0.471. The van der Waals surface area contributed by atoms with Crippen LogP contribution in [0.15, 0.2) is 23.1 Å². The summed E-state index contributed by atoms with van der Waals surface area (Å²) in [6.45, 7) is 0.526. The molecule has 1 fully saturated rings. The number of amides is 2. The number of halogens is 1. The molecule has 2 rings (SSSR count). The highest BCUT2D eigenvalue weighted by atomic mass is 32.2. The lowest BCUT2D eigenvalue weighted by Crippen LogP contribution is -2.46. The first-order valence-electron chi connectivity index (χ1n) is 7.93. The van der Waals surface area contributed by atoms with Gasteiger partial charge >= 0.3 is 5.97 Å². The van der Waals surface area contributed by atoms with E-state index < -0.39 is 17.7 Å². The zero-order valence-corrected chi connectivity index (χ0v) is 15.0. The highest BCUT2D eigenvalue weighted by molar-refractivity contribution is 7.98. The molecule has 0 aliphatic carbocycles. The van der Waals surface area contributed by atoms with Crippen molar-refractivity contribution in [2.45, 2.75) is 17.7 Å². The summed E-state index contributed by atoms with van der Waals surface area (Å²) in [5.41, 5.74) is 0.308.